The van der Waals surface area contributed by atoms with E-state index in [1.165, 1.54) is 37.2 Å². The highest BCUT2D eigenvalue weighted by Crippen LogP contribution is 2.26. The summed E-state index contributed by atoms with van der Waals surface area (Å²) in [6, 6.07) is 7.77. The number of aliphatic imine (C=N–C) groups is 1. The maximum atomic E-state index is 12.7. The van der Waals surface area contributed by atoms with Gasteiger partial charge >= 0.3 is 0 Å². The van der Waals surface area contributed by atoms with Crippen LogP contribution in [0, 0.1) is 12.8 Å². The smallest absolute Gasteiger partial charge is 0.288 e. The van der Waals surface area contributed by atoms with Gasteiger partial charge in [0.25, 0.3) is 11.8 Å². The van der Waals surface area contributed by atoms with Gasteiger partial charge in [0, 0.05) is 25.7 Å². The maximum absolute atomic E-state index is 12.7. The summed E-state index contributed by atoms with van der Waals surface area (Å²) < 4.78 is 0. The molecule has 3 aliphatic rings. The molecule has 1 saturated heterocycles. The van der Waals surface area contributed by atoms with Gasteiger partial charge < -0.3 is 10.2 Å². The second-order valence-electron chi connectivity index (χ2n) is 8.54. The molecule has 2 heterocycles. The molecule has 0 bridgehead atoms. The fourth-order valence-electron chi connectivity index (χ4n) is 4.52. The number of nitrogens with one attached hydrogen (secondary N) is 2. The number of hydrogen-bond acceptors (Lipinski definition) is 5. The zero-order valence-electron chi connectivity index (χ0n) is 17.2. The molecule has 0 spiro atoms. The van der Waals surface area contributed by atoms with Gasteiger partial charge in [0.2, 0.25) is 5.84 Å². The molecule has 29 heavy (non-hydrogen) atoms. The van der Waals surface area contributed by atoms with Gasteiger partial charge in [-0.2, -0.15) is 0 Å². The molecule has 1 saturated carbocycles. The summed E-state index contributed by atoms with van der Waals surface area (Å²) in [5.74, 6) is 0.667. The van der Waals surface area contributed by atoms with Gasteiger partial charge in [0.05, 0.1) is 5.69 Å². The summed E-state index contributed by atoms with van der Waals surface area (Å²) in [7, 11) is 0. The Kier molecular flexibility index (Phi) is 6.13. The van der Waals surface area contributed by atoms with Crippen molar-refractivity contribution >= 4 is 23.3 Å². The lowest BCUT2D eigenvalue weighted by Crippen LogP contribution is -2.57. The van der Waals surface area contributed by atoms with E-state index in [1.54, 1.807) is 0 Å². The lowest BCUT2D eigenvalue weighted by atomic mass is 10.0. The first kappa shape index (κ1) is 19.9. The zero-order chi connectivity index (χ0) is 20.2. The molecular weight excluding hydrogens is 366 g/mol. The summed E-state index contributed by atoms with van der Waals surface area (Å²) in [5.41, 5.74) is 4.72. The van der Waals surface area contributed by atoms with Crippen LogP contribution in [-0.2, 0) is 9.59 Å². The van der Waals surface area contributed by atoms with Crippen LogP contribution in [-0.4, -0.2) is 54.8 Å². The Balaban J connectivity index is 1.28. The molecule has 2 amide bonds. The summed E-state index contributed by atoms with van der Waals surface area (Å²) in [4.78, 5) is 31.6. The van der Waals surface area contributed by atoms with Crippen LogP contribution >= 0.6 is 0 Å². The van der Waals surface area contributed by atoms with Gasteiger partial charge in [-0.25, -0.2) is 5.01 Å². The average molecular weight is 398 g/mol. The number of carbonyl (C=O) groups is 2. The van der Waals surface area contributed by atoms with Crippen LogP contribution in [0.4, 0.5) is 5.69 Å². The Labute approximate surface area is 172 Å². The van der Waals surface area contributed by atoms with E-state index in [4.69, 9.17) is 0 Å². The van der Waals surface area contributed by atoms with Crippen molar-refractivity contribution < 1.29 is 9.59 Å². The van der Waals surface area contributed by atoms with Crippen LogP contribution in [0.15, 0.2) is 29.3 Å². The van der Waals surface area contributed by atoms with Crippen molar-refractivity contribution in [2.24, 2.45) is 10.9 Å². The minimum atomic E-state index is -0.233. The number of hydrazine groups is 1. The molecule has 0 radical (unpaired) electrons. The first-order chi connectivity index (χ1) is 14.1. The lowest BCUT2D eigenvalue weighted by molar-refractivity contribution is -0.118. The number of amides is 2. The van der Waals surface area contributed by atoms with Crippen LogP contribution < -0.4 is 15.8 Å². The molecule has 2 aliphatic heterocycles. The molecule has 7 heteroatoms. The van der Waals surface area contributed by atoms with E-state index in [0.29, 0.717) is 5.69 Å². The summed E-state index contributed by atoms with van der Waals surface area (Å²) >= 11 is 0. The number of hydrogen-bond donors (Lipinski definition) is 2. The largest absolute Gasteiger partial charge is 0.347 e. The molecule has 0 unspecified atom stereocenters. The normalized spacial score (nSPS) is 21.8. The van der Waals surface area contributed by atoms with Crippen molar-refractivity contribution in [1.82, 2.24) is 15.6 Å². The Morgan fingerprint density at radius 2 is 1.83 bits per heavy atom. The number of benzene rings is 1. The molecule has 2 fully saturated rings. The third kappa shape index (κ3) is 4.96. The standard InChI is InChI=1S/C22H31N5O2/c1-16-6-8-19(9-7-16)27-20(28)14-23-21(25-27)22(29)24-18-10-12-26(13-11-18)15-17-4-2-3-5-17/h6-9,17-18H,2-5,10-15H2,1H3,(H,23,25)(H,24,29). The number of rotatable bonds is 5. The van der Waals surface area contributed by atoms with Gasteiger partial charge in [-0.15, -0.1) is 0 Å². The highest BCUT2D eigenvalue weighted by atomic mass is 16.2. The van der Waals surface area contributed by atoms with Crippen molar-refractivity contribution in [2.45, 2.75) is 51.5 Å². The number of piperidine rings is 1. The summed E-state index contributed by atoms with van der Waals surface area (Å²) in [6.07, 6.45) is 7.44. The molecule has 1 aromatic carbocycles. The molecule has 7 nitrogen and oxygen atoms in total. The van der Waals surface area contributed by atoms with E-state index < -0.39 is 0 Å². The van der Waals surface area contributed by atoms with Gasteiger partial charge in [-0.3, -0.25) is 20.0 Å². The minimum absolute atomic E-state index is 0.0243. The molecule has 156 valence electrons. The van der Waals surface area contributed by atoms with E-state index in [9.17, 15) is 9.59 Å². The molecule has 1 aromatic rings. The van der Waals surface area contributed by atoms with E-state index in [0.717, 1.165) is 37.4 Å². The SMILES string of the molecule is Cc1ccc(N2NC(C(=O)NC3CCN(CC4CCCC4)CC3)=NCC2=O)cc1. The third-order valence-electron chi connectivity index (χ3n) is 6.26. The molecule has 2 N–H and O–H groups in total. The monoisotopic (exact) mass is 397 g/mol. The second kappa shape index (κ2) is 8.95. The summed E-state index contributed by atoms with van der Waals surface area (Å²) in [5, 5.41) is 4.51. The maximum Gasteiger partial charge on any atom is 0.288 e. The zero-order valence-corrected chi connectivity index (χ0v) is 17.2. The minimum Gasteiger partial charge on any atom is -0.347 e. The molecule has 0 aromatic heterocycles. The Hall–Kier alpha value is -2.41. The second-order valence-corrected chi connectivity index (χ2v) is 8.54. The number of nitrogens with zero attached hydrogens (tertiary/aromatic N) is 3. The van der Waals surface area contributed by atoms with E-state index in [-0.39, 0.29) is 30.2 Å². The Morgan fingerprint density at radius 3 is 2.52 bits per heavy atom. The number of carbonyl (C=O) groups excluding carboxylic acids is 2. The molecule has 4 rings (SSSR count). The van der Waals surface area contributed by atoms with Crippen LogP contribution in [0.2, 0.25) is 0 Å². The predicted octanol–water partition coefficient (Wildman–Crippen LogP) is 2.02. The van der Waals surface area contributed by atoms with E-state index in [1.807, 2.05) is 31.2 Å². The van der Waals surface area contributed by atoms with Gasteiger partial charge in [-0.05, 0) is 50.7 Å². The van der Waals surface area contributed by atoms with Gasteiger partial charge in [0.1, 0.15) is 6.54 Å². The van der Waals surface area contributed by atoms with Crippen molar-refractivity contribution in [3.8, 4) is 0 Å². The highest BCUT2D eigenvalue weighted by Gasteiger charge is 2.28. The van der Waals surface area contributed by atoms with Crippen LogP contribution in [0.1, 0.15) is 44.1 Å². The first-order valence-corrected chi connectivity index (χ1v) is 10.8. The topological polar surface area (TPSA) is 77.0 Å². The summed E-state index contributed by atoms with van der Waals surface area (Å²) in [6.45, 7) is 5.26. The van der Waals surface area contributed by atoms with E-state index >= 15 is 0 Å². The molecule has 0 atom stereocenters. The third-order valence-corrected chi connectivity index (χ3v) is 6.26. The average Bonchev–Trinajstić information content (AvgIpc) is 3.23. The first-order valence-electron chi connectivity index (χ1n) is 10.8. The van der Waals surface area contributed by atoms with Crippen LogP contribution in [0.5, 0.6) is 0 Å². The van der Waals surface area contributed by atoms with Crippen molar-refractivity contribution in [2.75, 3.05) is 31.2 Å². The Bertz CT molecular complexity index is 762. The molecular formula is C22H31N5O2. The van der Waals surface area contributed by atoms with Crippen LogP contribution in [0.25, 0.3) is 0 Å². The fraction of sp³-hybridized carbons (Fsp3) is 0.591. The number of anilines is 1. The van der Waals surface area contributed by atoms with E-state index in [2.05, 4.69) is 20.6 Å². The predicted molar refractivity (Wildman–Crippen MR) is 114 cm³/mol. The number of aryl methyl sites for hydroxylation is 1. The van der Waals surface area contributed by atoms with Crippen molar-refractivity contribution in [3.05, 3.63) is 29.8 Å². The highest BCUT2D eigenvalue weighted by molar-refractivity contribution is 6.39. The van der Waals surface area contributed by atoms with Crippen molar-refractivity contribution in [1.29, 1.82) is 0 Å². The molecule has 1 aliphatic carbocycles. The van der Waals surface area contributed by atoms with Gasteiger partial charge in [-0.1, -0.05) is 30.5 Å². The lowest BCUT2D eigenvalue weighted by Gasteiger charge is -2.34. The van der Waals surface area contributed by atoms with Gasteiger partial charge in [0.15, 0.2) is 0 Å². The van der Waals surface area contributed by atoms with Crippen molar-refractivity contribution in [3.63, 3.8) is 0 Å². The van der Waals surface area contributed by atoms with Crippen LogP contribution in [0.3, 0.4) is 0 Å². The number of likely N-dealkylation sites (tertiary alicyclic amines) is 1. The quantitative estimate of drug-likeness (QED) is 0.797. The fourth-order valence-corrected chi connectivity index (χ4v) is 4.52. The number of amidine groups is 1. The Morgan fingerprint density at radius 1 is 1.14 bits per heavy atom.